The van der Waals surface area contributed by atoms with Crippen molar-refractivity contribution in [2.45, 2.75) is 13.0 Å². The summed E-state index contributed by atoms with van der Waals surface area (Å²) in [5, 5.41) is 5.73. The summed E-state index contributed by atoms with van der Waals surface area (Å²) in [6, 6.07) is 9.43. The molecule has 18 heavy (non-hydrogen) atoms. The number of thiophene rings is 1. The monoisotopic (exact) mass is 280 g/mol. The molecule has 1 atom stereocenters. The Bertz CT molecular complexity index is 554. The lowest BCUT2D eigenvalue weighted by atomic mass is 10.2. The van der Waals surface area contributed by atoms with Crippen LogP contribution in [0.3, 0.4) is 0 Å². The fourth-order valence-corrected chi connectivity index (χ4v) is 2.67. The van der Waals surface area contributed by atoms with E-state index in [1.54, 1.807) is 29.5 Å². The number of carbonyl (C=O) groups is 1. The second kappa shape index (κ2) is 5.42. The number of amides is 1. The van der Waals surface area contributed by atoms with Crippen LogP contribution in [0.25, 0.3) is 0 Å². The number of rotatable bonds is 4. The minimum Gasteiger partial charge on any atom is -0.378 e. The first-order chi connectivity index (χ1) is 8.58. The molecule has 0 spiro atoms. The average molecular weight is 281 g/mol. The number of primary amides is 1. The number of hydrogen-bond acceptors (Lipinski definition) is 3. The van der Waals surface area contributed by atoms with Crippen molar-refractivity contribution in [3.63, 3.8) is 0 Å². The van der Waals surface area contributed by atoms with Gasteiger partial charge < -0.3 is 11.1 Å². The third-order valence-electron chi connectivity index (χ3n) is 2.59. The standard InChI is InChI=1S/C13H13ClN2OS/c1-8(12-3-2-6-18-12)16-9-4-5-10(13(15)17)11(14)7-9/h2-8,16H,1H3,(H2,15,17). The molecule has 0 radical (unpaired) electrons. The Morgan fingerprint density at radius 1 is 1.44 bits per heavy atom. The third kappa shape index (κ3) is 2.83. The molecular formula is C13H13ClN2OS. The van der Waals surface area contributed by atoms with E-state index in [1.165, 1.54) is 4.88 Å². The molecule has 1 unspecified atom stereocenters. The molecule has 1 amide bonds. The Kier molecular flexibility index (Phi) is 3.89. The fraction of sp³-hybridized carbons (Fsp3) is 0.154. The van der Waals surface area contributed by atoms with Crippen molar-refractivity contribution in [3.8, 4) is 0 Å². The summed E-state index contributed by atoms with van der Waals surface area (Å²) in [6.07, 6.45) is 0. The van der Waals surface area contributed by atoms with Gasteiger partial charge in [-0.3, -0.25) is 4.79 Å². The van der Waals surface area contributed by atoms with E-state index in [-0.39, 0.29) is 6.04 Å². The van der Waals surface area contributed by atoms with E-state index in [0.717, 1.165) is 5.69 Å². The zero-order valence-electron chi connectivity index (χ0n) is 9.81. The Hall–Kier alpha value is -1.52. The van der Waals surface area contributed by atoms with Crippen molar-refractivity contribution < 1.29 is 4.79 Å². The summed E-state index contributed by atoms with van der Waals surface area (Å²) in [7, 11) is 0. The minimum atomic E-state index is -0.516. The Labute approximate surface area is 115 Å². The number of anilines is 1. The van der Waals surface area contributed by atoms with Crippen molar-refractivity contribution in [3.05, 3.63) is 51.2 Å². The van der Waals surface area contributed by atoms with E-state index < -0.39 is 5.91 Å². The van der Waals surface area contributed by atoms with Gasteiger partial charge in [0.15, 0.2) is 0 Å². The van der Waals surface area contributed by atoms with Gasteiger partial charge in [0.2, 0.25) is 5.91 Å². The zero-order chi connectivity index (χ0) is 13.1. The number of halogens is 1. The highest BCUT2D eigenvalue weighted by molar-refractivity contribution is 7.10. The maximum atomic E-state index is 11.1. The van der Waals surface area contributed by atoms with Gasteiger partial charge in [0.05, 0.1) is 16.6 Å². The van der Waals surface area contributed by atoms with E-state index >= 15 is 0 Å². The van der Waals surface area contributed by atoms with Crippen LogP contribution < -0.4 is 11.1 Å². The predicted molar refractivity (Wildman–Crippen MR) is 76.3 cm³/mol. The second-order valence-corrected chi connectivity index (χ2v) is 5.33. The SMILES string of the molecule is CC(Nc1ccc(C(N)=O)c(Cl)c1)c1cccs1. The molecule has 1 heterocycles. The summed E-state index contributed by atoms with van der Waals surface area (Å²) in [6.45, 7) is 2.07. The molecule has 1 aromatic carbocycles. The normalized spacial score (nSPS) is 12.1. The molecule has 0 aliphatic carbocycles. The van der Waals surface area contributed by atoms with Crippen LogP contribution in [0.4, 0.5) is 5.69 Å². The average Bonchev–Trinajstić information content (AvgIpc) is 2.81. The van der Waals surface area contributed by atoms with Gasteiger partial charge >= 0.3 is 0 Å². The van der Waals surface area contributed by atoms with Gasteiger partial charge in [-0.2, -0.15) is 0 Å². The Balaban J connectivity index is 2.15. The van der Waals surface area contributed by atoms with E-state index in [1.807, 2.05) is 11.4 Å². The van der Waals surface area contributed by atoms with Crippen molar-refractivity contribution in [2.24, 2.45) is 5.73 Å². The molecular weight excluding hydrogens is 268 g/mol. The van der Waals surface area contributed by atoms with E-state index in [9.17, 15) is 4.79 Å². The predicted octanol–water partition coefficient (Wildman–Crippen LogP) is 3.67. The van der Waals surface area contributed by atoms with Gasteiger partial charge in [-0.25, -0.2) is 0 Å². The van der Waals surface area contributed by atoms with Crippen LogP contribution in [-0.2, 0) is 0 Å². The summed E-state index contributed by atoms with van der Waals surface area (Å²) < 4.78 is 0. The van der Waals surface area contributed by atoms with Crippen LogP contribution in [0.5, 0.6) is 0 Å². The Morgan fingerprint density at radius 2 is 2.22 bits per heavy atom. The molecule has 0 saturated heterocycles. The van der Waals surface area contributed by atoms with Crippen molar-refractivity contribution in [1.29, 1.82) is 0 Å². The number of benzene rings is 1. The highest BCUT2D eigenvalue weighted by Gasteiger charge is 2.10. The van der Waals surface area contributed by atoms with Crippen LogP contribution in [0.1, 0.15) is 28.2 Å². The maximum Gasteiger partial charge on any atom is 0.250 e. The number of nitrogens with two attached hydrogens (primary N) is 1. The largest absolute Gasteiger partial charge is 0.378 e. The van der Waals surface area contributed by atoms with Gasteiger partial charge in [0.1, 0.15) is 0 Å². The second-order valence-electron chi connectivity index (χ2n) is 3.94. The first-order valence-electron chi connectivity index (χ1n) is 5.47. The molecule has 2 aromatic rings. The van der Waals surface area contributed by atoms with Crippen LogP contribution in [-0.4, -0.2) is 5.91 Å². The quantitative estimate of drug-likeness (QED) is 0.898. The molecule has 0 aliphatic heterocycles. The number of nitrogens with one attached hydrogen (secondary N) is 1. The molecule has 2 rings (SSSR count). The van der Waals surface area contributed by atoms with Gasteiger partial charge in [-0.1, -0.05) is 17.7 Å². The van der Waals surface area contributed by atoms with Gasteiger partial charge in [0, 0.05) is 10.6 Å². The zero-order valence-corrected chi connectivity index (χ0v) is 11.4. The van der Waals surface area contributed by atoms with E-state index in [4.69, 9.17) is 17.3 Å². The summed E-state index contributed by atoms with van der Waals surface area (Å²) in [4.78, 5) is 12.3. The van der Waals surface area contributed by atoms with Gasteiger partial charge in [-0.05, 0) is 36.6 Å². The van der Waals surface area contributed by atoms with Crippen molar-refractivity contribution >= 4 is 34.5 Å². The maximum absolute atomic E-state index is 11.1. The van der Waals surface area contributed by atoms with Crippen molar-refractivity contribution in [1.82, 2.24) is 0 Å². The minimum absolute atomic E-state index is 0.195. The topological polar surface area (TPSA) is 55.1 Å². The number of hydrogen-bond donors (Lipinski definition) is 2. The first-order valence-corrected chi connectivity index (χ1v) is 6.73. The van der Waals surface area contributed by atoms with Crippen LogP contribution in [0.2, 0.25) is 5.02 Å². The molecule has 5 heteroatoms. The lowest BCUT2D eigenvalue weighted by Crippen LogP contribution is -2.12. The van der Waals surface area contributed by atoms with E-state index in [2.05, 4.69) is 18.3 Å². The number of carbonyl (C=O) groups excluding carboxylic acids is 1. The smallest absolute Gasteiger partial charge is 0.250 e. The lowest BCUT2D eigenvalue weighted by Gasteiger charge is -2.14. The van der Waals surface area contributed by atoms with E-state index in [0.29, 0.717) is 10.6 Å². The molecule has 0 bridgehead atoms. The molecule has 94 valence electrons. The van der Waals surface area contributed by atoms with Crippen LogP contribution in [0.15, 0.2) is 35.7 Å². The summed E-state index contributed by atoms with van der Waals surface area (Å²) in [5.41, 5.74) is 6.41. The highest BCUT2D eigenvalue weighted by atomic mass is 35.5. The first kappa shape index (κ1) is 12.9. The fourth-order valence-electron chi connectivity index (χ4n) is 1.66. The molecule has 1 aromatic heterocycles. The lowest BCUT2D eigenvalue weighted by molar-refractivity contribution is 0.100. The Morgan fingerprint density at radius 3 is 2.78 bits per heavy atom. The van der Waals surface area contributed by atoms with Gasteiger partial charge in [0.25, 0.3) is 0 Å². The molecule has 3 N–H and O–H groups in total. The van der Waals surface area contributed by atoms with Gasteiger partial charge in [-0.15, -0.1) is 11.3 Å². The molecule has 3 nitrogen and oxygen atoms in total. The highest BCUT2D eigenvalue weighted by Crippen LogP contribution is 2.26. The molecule has 0 fully saturated rings. The van der Waals surface area contributed by atoms with Crippen molar-refractivity contribution in [2.75, 3.05) is 5.32 Å². The van der Waals surface area contributed by atoms with Crippen LogP contribution in [0, 0.1) is 0 Å². The third-order valence-corrected chi connectivity index (χ3v) is 3.96. The summed E-state index contributed by atoms with van der Waals surface area (Å²) >= 11 is 7.69. The van der Waals surface area contributed by atoms with Crippen LogP contribution >= 0.6 is 22.9 Å². The molecule has 0 aliphatic rings. The molecule has 0 saturated carbocycles. The summed E-state index contributed by atoms with van der Waals surface area (Å²) in [5.74, 6) is -0.516.